The fraction of sp³-hybridized carbons (Fsp3) is 0.240. The highest BCUT2D eigenvalue weighted by molar-refractivity contribution is 6.08. The summed E-state index contributed by atoms with van der Waals surface area (Å²) in [6.45, 7) is 3.93. The Morgan fingerprint density at radius 2 is 1.45 bits per heavy atom. The number of hydrogen-bond donors (Lipinski definition) is 0. The van der Waals surface area contributed by atoms with Gasteiger partial charge in [0.2, 0.25) is 0 Å². The van der Waals surface area contributed by atoms with Crippen molar-refractivity contribution in [1.82, 2.24) is 14.8 Å². The number of aromatic nitrogens is 1. The van der Waals surface area contributed by atoms with Crippen LogP contribution in [0.15, 0.2) is 79.1 Å². The molecule has 2 aromatic carbocycles. The first kappa shape index (κ1) is 20.8. The minimum absolute atomic E-state index is 0.00364. The van der Waals surface area contributed by atoms with Crippen LogP contribution in [0.5, 0.6) is 5.75 Å². The molecule has 0 aliphatic carbocycles. The molecule has 1 amide bonds. The quantitative estimate of drug-likeness (QED) is 0.555. The van der Waals surface area contributed by atoms with Gasteiger partial charge in [-0.25, -0.2) is 0 Å². The Bertz CT molecular complexity index is 999. The molecule has 1 fully saturated rings. The van der Waals surface area contributed by atoms with Crippen molar-refractivity contribution in [2.45, 2.75) is 6.54 Å². The SMILES string of the molecule is O=C(c1ccccc1)c1ccc(OCC(=O)N2CCN(Cc3ccncc3)CC2)cc1. The number of ketones is 1. The molecule has 158 valence electrons. The van der Waals surface area contributed by atoms with Gasteiger partial charge < -0.3 is 9.64 Å². The highest BCUT2D eigenvalue weighted by Gasteiger charge is 2.21. The number of hydrogen-bond acceptors (Lipinski definition) is 5. The second-order valence-corrected chi connectivity index (χ2v) is 7.52. The average Bonchev–Trinajstić information content (AvgIpc) is 2.84. The summed E-state index contributed by atoms with van der Waals surface area (Å²) < 4.78 is 5.66. The van der Waals surface area contributed by atoms with Gasteiger partial charge >= 0.3 is 0 Å². The molecule has 1 aliphatic heterocycles. The normalized spacial score (nSPS) is 14.3. The van der Waals surface area contributed by atoms with Gasteiger partial charge in [0.15, 0.2) is 12.4 Å². The smallest absolute Gasteiger partial charge is 0.260 e. The minimum Gasteiger partial charge on any atom is -0.484 e. The van der Waals surface area contributed by atoms with Gasteiger partial charge in [0.25, 0.3) is 5.91 Å². The Morgan fingerprint density at radius 3 is 2.13 bits per heavy atom. The van der Waals surface area contributed by atoms with Gasteiger partial charge in [-0.1, -0.05) is 30.3 Å². The van der Waals surface area contributed by atoms with E-state index in [4.69, 9.17) is 4.74 Å². The monoisotopic (exact) mass is 415 g/mol. The largest absolute Gasteiger partial charge is 0.484 e. The minimum atomic E-state index is -0.0344. The summed E-state index contributed by atoms with van der Waals surface area (Å²) >= 11 is 0. The van der Waals surface area contributed by atoms with E-state index in [1.807, 2.05) is 35.2 Å². The number of pyridine rings is 1. The third-order valence-electron chi connectivity index (χ3n) is 5.40. The van der Waals surface area contributed by atoms with E-state index in [1.165, 1.54) is 5.56 Å². The molecule has 4 rings (SSSR count). The molecule has 0 N–H and O–H groups in total. The molecule has 31 heavy (non-hydrogen) atoms. The van der Waals surface area contributed by atoms with E-state index >= 15 is 0 Å². The molecular formula is C25H25N3O3. The van der Waals surface area contributed by atoms with Gasteiger partial charge in [0, 0.05) is 56.2 Å². The molecule has 3 aromatic rings. The van der Waals surface area contributed by atoms with Crippen LogP contribution in [-0.4, -0.2) is 59.3 Å². The first-order valence-electron chi connectivity index (χ1n) is 10.4. The molecule has 0 radical (unpaired) electrons. The van der Waals surface area contributed by atoms with Gasteiger partial charge in [0.1, 0.15) is 5.75 Å². The number of amides is 1. The lowest BCUT2D eigenvalue weighted by atomic mass is 10.0. The van der Waals surface area contributed by atoms with E-state index in [-0.39, 0.29) is 18.3 Å². The van der Waals surface area contributed by atoms with Gasteiger partial charge in [-0.3, -0.25) is 19.5 Å². The Morgan fingerprint density at radius 1 is 0.806 bits per heavy atom. The predicted molar refractivity (Wildman–Crippen MR) is 118 cm³/mol. The molecule has 6 heteroatoms. The van der Waals surface area contributed by atoms with Crippen molar-refractivity contribution >= 4 is 11.7 Å². The summed E-state index contributed by atoms with van der Waals surface area (Å²) in [5.41, 5.74) is 2.47. The zero-order valence-electron chi connectivity index (χ0n) is 17.3. The van der Waals surface area contributed by atoms with E-state index in [1.54, 1.807) is 48.8 Å². The molecular weight excluding hydrogens is 390 g/mol. The van der Waals surface area contributed by atoms with E-state index in [0.29, 0.717) is 30.0 Å². The summed E-state index contributed by atoms with van der Waals surface area (Å²) in [7, 11) is 0. The van der Waals surface area contributed by atoms with Crippen molar-refractivity contribution in [3.05, 3.63) is 95.8 Å². The van der Waals surface area contributed by atoms with E-state index in [0.717, 1.165) is 19.6 Å². The first-order chi connectivity index (χ1) is 15.2. The van der Waals surface area contributed by atoms with Gasteiger partial charge in [0.05, 0.1) is 0 Å². The van der Waals surface area contributed by atoms with Crippen LogP contribution in [0.4, 0.5) is 0 Å². The Hall–Kier alpha value is -3.51. The summed E-state index contributed by atoms with van der Waals surface area (Å²) in [6.07, 6.45) is 3.60. The number of carbonyl (C=O) groups is 2. The second kappa shape index (κ2) is 10.00. The maximum atomic E-state index is 12.5. The highest BCUT2D eigenvalue weighted by atomic mass is 16.5. The maximum absolute atomic E-state index is 12.5. The summed E-state index contributed by atoms with van der Waals surface area (Å²) in [4.78, 5) is 33.2. The van der Waals surface area contributed by atoms with Crippen LogP contribution in [-0.2, 0) is 11.3 Å². The maximum Gasteiger partial charge on any atom is 0.260 e. The number of piperazine rings is 1. The van der Waals surface area contributed by atoms with E-state index in [2.05, 4.69) is 9.88 Å². The predicted octanol–water partition coefficient (Wildman–Crippen LogP) is 3.04. The molecule has 0 saturated carbocycles. The van der Waals surface area contributed by atoms with Gasteiger partial charge in [-0.2, -0.15) is 0 Å². The number of carbonyl (C=O) groups excluding carboxylic acids is 2. The Balaban J connectivity index is 1.23. The molecule has 1 aliphatic rings. The molecule has 0 bridgehead atoms. The van der Waals surface area contributed by atoms with Gasteiger partial charge in [-0.05, 0) is 42.0 Å². The lowest BCUT2D eigenvalue weighted by molar-refractivity contribution is -0.135. The van der Waals surface area contributed by atoms with Crippen molar-refractivity contribution in [3.63, 3.8) is 0 Å². The number of benzene rings is 2. The molecule has 0 atom stereocenters. The van der Waals surface area contributed by atoms with E-state index < -0.39 is 0 Å². The lowest BCUT2D eigenvalue weighted by Crippen LogP contribution is -2.49. The summed E-state index contributed by atoms with van der Waals surface area (Å²) in [5, 5.41) is 0. The van der Waals surface area contributed by atoms with Crippen molar-refractivity contribution in [1.29, 1.82) is 0 Å². The third-order valence-corrected chi connectivity index (χ3v) is 5.40. The van der Waals surface area contributed by atoms with Crippen LogP contribution in [0.3, 0.4) is 0 Å². The summed E-state index contributed by atoms with van der Waals surface area (Å²) in [5.74, 6) is 0.523. The van der Waals surface area contributed by atoms with Crippen LogP contribution in [0, 0.1) is 0 Å². The fourth-order valence-electron chi connectivity index (χ4n) is 3.60. The van der Waals surface area contributed by atoms with Crippen molar-refractivity contribution in [2.75, 3.05) is 32.8 Å². The van der Waals surface area contributed by atoms with Crippen LogP contribution < -0.4 is 4.74 Å². The van der Waals surface area contributed by atoms with Crippen molar-refractivity contribution in [2.24, 2.45) is 0 Å². The van der Waals surface area contributed by atoms with E-state index in [9.17, 15) is 9.59 Å². The molecule has 1 aromatic heterocycles. The third kappa shape index (κ3) is 5.55. The lowest BCUT2D eigenvalue weighted by Gasteiger charge is -2.34. The van der Waals surface area contributed by atoms with Crippen molar-refractivity contribution in [3.8, 4) is 5.75 Å². The molecule has 0 unspecified atom stereocenters. The average molecular weight is 415 g/mol. The molecule has 0 spiro atoms. The highest BCUT2D eigenvalue weighted by Crippen LogP contribution is 2.16. The van der Waals surface area contributed by atoms with Crippen LogP contribution >= 0.6 is 0 Å². The Kier molecular flexibility index (Phi) is 6.69. The van der Waals surface area contributed by atoms with Crippen LogP contribution in [0.1, 0.15) is 21.5 Å². The standard InChI is InChI=1S/C25H25N3O3/c29-24(28-16-14-27(15-17-28)18-20-10-12-26-13-11-20)19-31-23-8-6-22(7-9-23)25(30)21-4-2-1-3-5-21/h1-13H,14-19H2. The number of nitrogens with zero attached hydrogens (tertiary/aromatic N) is 3. The molecule has 6 nitrogen and oxygen atoms in total. The second-order valence-electron chi connectivity index (χ2n) is 7.52. The molecule has 1 saturated heterocycles. The fourth-order valence-corrected chi connectivity index (χ4v) is 3.60. The zero-order valence-corrected chi connectivity index (χ0v) is 17.3. The zero-order chi connectivity index (χ0) is 21.5. The summed E-state index contributed by atoms with van der Waals surface area (Å²) in [6, 6.07) is 20.1. The van der Waals surface area contributed by atoms with Crippen LogP contribution in [0.25, 0.3) is 0 Å². The molecule has 2 heterocycles. The first-order valence-corrected chi connectivity index (χ1v) is 10.4. The van der Waals surface area contributed by atoms with Crippen molar-refractivity contribution < 1.29 is 14.3 Å². The Labute approximate surface area is 182 Å². The van der Waals surface area contributed by atoms with Gasteiger partial charge in [-0.15, -0.1) is 0 Å². The number of ether oxygens (including phenoxy) is 1. The van der Waals surface area contributed by atoms with Crippen LogP contribution in [0.2, 0.25) is 0 Å². The number of rotatable bonds is 7. The topological polar surface area (TPSA) is 62.7 Å².